The molecule has 1 aliphatic rings. The average Bonchev–Trinajstić information content (AvgIpc) is 2.49. The van der Waals surface area contributed by atoms with Gasteiger partial charge >= 0.3 is 0 Å². The van der Waals surface area contributed by atoms with E-state index in [9.17, 15) is 0 Å². The van der Waals surface area contributed by atoms with Crippen LogP contribution in [-0.2, 0) is 6.42 Å². The van der Waals surface area contributed by atoms with Gasteiger partial charge in [-0.15, -0.1) is 0 Å². The molecule has 2 aromatic rings. The van der Waals surface area contributed by atoms with Crippen LogP contribution in [-0.4, -0.2) is 13.7 Å². The molecular formula is C18H21NO. The van der Waals surface area contributed by atoms with E-state index in [4.69, 9.17) is 4.74 Å². The number of nitrogens with one attached hydrogen (secondary N) is 1. The Balaban J connectivity index is 1.98. The van der Waals surface area contributed by atoms with Crippen LogP contribution in [0.2, 0.25) is 0 Å². The van der Waals surface area contributed by atoms with E-state index < -0.39 is 0 Å². The van der Waals surface area contributed by atoms with E-state index in [1.54, 1.807) is 7.11 Å². The van der Waals surface area contributed by atoms with E-state index in [2.05, 4.69) is 55.6 Å². The van der Waals surface area contributed by atoms with Gasteiger partial charge in [-0.1, -0.05) is 30.3 Å². The first-order chi connectivity index (χ1) is 9.70. The second-order valence-electron chi connectivity index (χ2n) is 5.57. The summed E-state index contributed by atoms with van der Waals surface area (Å²) in [6.07, 6.45) is 1.07. The molecule has 2 aromatic carbocycles. The maximum Gasteiger partial charge on any atom is 0.125 e. The standard InChI is InChI=1S/C18H21NO/c1-12-8-9-16(18(20-3)13(12)2)15-10-14-6-4-5-7-17(14)19-11-15/h4-9,15,19H,10-11H2,1-3H3. The smallest absolute Gasteiger partial charge is 0.125 e. The molecule has 1 aliphatic heterocycles. The molecule has 3 rings (SSSR count). The van der Waals surface area contributed by atoms with Crippen LogP contribution in [0.1, 0.15) is 28.2 Å². The highest BCUT2D eigenvalue weighted by Crippen LogP contribution is 2.37. The lowest BCUT2D eigenvalue weighted by atomic mass is 9.86. The third-order valence-electron chi connectivity index (χ3n) is 4.37. The van der Waals surface area contributed by atoms with Crippen LogP contribution in [0.25, 0.3) is 0 Å². The molecule has 0 bridgehead atoms. The molecule has 0 saturated heterocycles. The van der Waals surface area contributed by atoms with Crippen molar-refractivity contribution in [3.05, 3.63) is 58.7 Å². The summed E-state index contributed by atoms with van der Waals surface area (Å²) in [5, 5.41) is 3.54. The van der Waals surface area contributed by atoms with Crippen molar-refractivity contribution in [1.82, 2.24) is 0 Å². The van der Waals surface area contributed by atoms with Gasteiger partial charge in [0.1, 0.15) is 5.75 Å². The molecule has 0 saturated carbocycles. The molecule has 1 unspecified atom stereocenters. The Bertz CT molecular complexity index is 633. The minimum atomic E-state index is 0.471. The molecule has 1 atom stereocenters. The molecule has 104 valence electrons. The quantitative estimate of drug-likeness (QED) is 0.885. The summed E-state index contributed by atoms with van der Waals surface area (Å²) in [5.41, 5.74) is 6.52. The molecule has 0 fully saturated rings. The van der Waals surface area contributed by atoms with E-state index in [1.807, 2.05) is 0 Å². The second-order valence-corrected chi connectivity index (χ2v) is 5.57. The van der Waals surface area contributed by atoms with Crippen LogP contribution in [0.4, 0.5) is 5.69 Å². The predicted molar refractivity (Wildman–Crippen MR) is 83.8 cm³/mol. The number of anilines is 1. The molecule has 2 nitrogen and oxygen atoms in total. The van der Waals surface area contributed by atoms with Crippen molar-refractivity contribution in [2.45, 2.75) is 26.2 Å². The summed E-state index contributed by atoms with van der Waals surface area (Å²) >= 11 is 0. The molecule has 1 heterocycles. The summed E-state index contributed by atoms with van der Waals surface area (Å²) in [5.74, 6) is 1.52. The normalized spacial score (nSPS) is 17.2. The van der Waals surface area contributed by atoms with E-state index >= 15 is 0 Å². The van der Waals surface area contributed by atoms with Crippen molar-refractivity contribution < 1.29 is 4.74 Å². The summed E-state index contributed by atoms with van der Waals surface area (Å²) in [7, 11) is 1.77. The number of aryl methyl sites for hydroxylation is 1. The predicted octanol–water partition coefficient (Wildman–Crippen LogP) is 4.06. The van der Waals surface area contributed by atoms with Gasteiger partial charge in [0, 0.05) is 18.2 Å². The van der Waals surface area contributed by atoms with Gasteiger partial charge in [0.25, 0.3) is 0 Å². The first kappa shape index (κ1) is 13.0. The van der Waals surface area contributed by atoms with Gasteiger partial charge in [-0.3, -0.25) is 0 Å². The van der Waals surface area contributed by atoms with Crippen LogP contribution in [0.3, 0.4) is 0 Å². The Labute approximate surface area is 120 Å². The number of fused-ring (bicyclic) bond motifs is 1. The first-order valence-corrected chi connectivity index (χ1v) is 7.16. The first-order valence-electron chi connectivity index (χ1n) is 7.16. The number of rotatable bonds is 2. The molecule has 0 radical (unpaired) electrons. The summed E-state index contributed by atoms with van der Waals surface area (Å²) in [4.78, 5) is 0. The highest BCUT2D eigenvalue weighted by Gasteiger charge is 2.23. The SMILES string of the molecule is COc1c(C2CNc3ccccc3C2)ccc(C)c1C. The Morgan fingerprint density at radius 1 is 1.10 bits per heavy atom. The zero-order valence-corrected chi connectivity index (χ0v) is 12.4. The fourth-order valence-electron chi connectivity index (χ4n) is 3.06. The number of ether oxygens (including phenoxy) is 1. The van der Waals surface area contributed by atoms with E-state index in [-0.39, 0.29) is 0 Å². The van der Waals surface area contributed by atoms with Crippen LogP contribution < -0.4 is 10.1 Å². The fourth-order valence-corrected chi connectivity index (χ4v) is 3.06. The van der Waals surface area contributed by atoms with Gasteiger partial charge in [-0.25, -0.2) is 0 Å². The Morgan fingerprint density at radius 3 is 2.70 bits per heavy atom. The van der Waals surface area contributed by atoms with E-state index in [1.165, 1.54) is 27.9 Å². The third kappa shape index (κ3) is 2.15. The number of para-hydroxylation sites is 1. The average molecular weight is 267 g/mol. The van der Waals surface area contributed by atoms with Crippen molar-refractivity contribution in [2.75, 3.05) is 19.0 Å². The maximum atomic E-state index is 5.67. The molecule has 20 heavy (non-hydrogen) atoms. The lowest BCUT2D eigenvalue weighted by Crippen LogP contribution is -2.22. The molecule has 0 amide bonds. The van der Waals surface area contributed by atoms with Crippen LogP contribution in [0, 0.1) is 13.8 Å². The molecule has 1 N–H and O–H groups in total. The number of hydrogen-bond acceptors (Lipinski definition) is 2. The van der Waals surface area contributed by atoms with Crippen LogP contribution >= 0.6 is 0 Å². The van der Waals surface area contributed by atoms with Crippen molar-refractivity contribution in [2.24, 2.45) is 0 Å². The van der Waals surface area contributed by atoms with Crippen LogP contribution in [0.5, 0.6) is 5.75 Å². The van der Waals surface area contributed by atoms with Gasteiger partial charge in [0.2, 0.25) is 0 Å². The largest absolute Gasteiger partial charge is 0.496 e. The van der Waals surface area contributed by atoms with E-state index in [0.717, 1.165) is 18.7 Å². The summed E-state index contributed by atoms with van der Waals surface area (Å²) in [6.45, 7) is 5.24. The second kappa shape index (κ2) is 5.20. The van der Waals surface area contributed by atoms with Gasteiger partial charge < -0.3 is 10.1 Å². The molecular weight excluding hydrogens is 246 g/mol. The van der Waals surface area contributed by atoms with E-state index in [0.29, 0.717) is 5.92 Å². The lowest BCUT2D eigenvalue weighted by Gasteiger charge is -2.28. The Kier molecular flexibility index (Phi) is 3.39. The third-order valence-corrected chi connectivity index (χ3v) is 4.37. The topological polar surface area (TPSA) is 21.3 Å². The molecule has 0 spiro atoms. The van der Waals surface area contributed by atoms with Gasteiger partial charge in [-0.05, 0) is 48.6 Å². The Morgan fingerprint density at radius 2 is 1.90 bits per heavy atom. The van der Waals surface area contributed by atoms with Gasteiger partial charge in [-0.2, -0.15) is 0 Å². The highest BCUT2D eigenvalue weighted by atomic mass is 16.5. The van der Waals surface area contributed by atoms with Crippen molar-refractivity contribution >= 4 is 5.69 Å². The minimum absolute atomic E-state index is 0.471. The molecule has 2 heteroatoms. The molecule has 0 aromatic heterocycles. The number of methoxy groups -OCH3 is 1. The van der Waals surface area contributed by atoms with Crippen molar-refractivity contribution in [3.63, 3.8) is 0 Å². The van der Waals surface area contributed by atoms with Crippen molar-refractivity contribution in [3.8, 4) is 5.75 Å². The maximum absolute atomic E-state index is 5.67. The monoisotopic (exact) mass is 267 g/mol. The number of hydrogen-bond donors (Lipinski definition) is 1. The summed E-state index contributed by atoms with van der Waals surface area (Å²) in [6, 6.07) is 13.0. The van der Waals surface area contributed by atoms with Crippen molar-refractivity contribution in [1.29, 1.82) is 0 Å². The zero-order chi connectivity index (χ0) is 14.1. The van der Waals surface area contributed by atoms with Crippen LogP contribution in [0.15, 0.2) is 36.4 Å². The number of benzene rings is 2. The lowest BCUT2D eigenvalue weighted by molar-refractivity contribution is 0.402. The highest BCUT2D eigenvalue weighted by molar-refractivity contribution is 5.56. The van der Waals surface area contributed by atoms with Gasteiger partial charge in [0.05, 0.1) is 7.11 Å². The Hall–Kier alpha value is -1.96. The van der Waals surface area contributed by atoms with Gasteiger partial charge in [0.15, 0.2) is 0 Å². The fraction of sp³-hybridized carbons (Fsp3) is 0.333. The summed E-state index contributed by atoms with van der Waals surface area (Å²) < 4.78 is 5.67. The zero-order valence-electron chi connectivity index (χ0n) is 12.4. The minimum Gasteiger partial charge on any atom is -0.496 e. The molecule has 0 aliphatic carbocycles.